The number of hydrogen-bond acceptors (Lipinski definition) is 4. The van der Waals surface area contributed by atoms with Crippen LogP contribution in [-0.4, -0.2) is 36.1 Å². The highest BCUT2D eigenvalue weighted by molar-refractivity contribution is 6.33. The molecular formula is C16H19ClN4. The molecule has 2 aromatic rings. The molecule has 110 valence electrons. The Hall–Kier alpha value is -1.78. The van der Waals surface area contributed by atoms with Gasteiger partial charge in [0, 0.05) is 38.9 Å². The number of benzene rings is 1. The van der Waals surface area contributed by atoms with Crippen molar-refractivity contribution in [2.45, 2.75) is 6.54 Å². The summed E-state index contributed by atoms with van der Waals surface area (Å²) >= 11 is 6.26. The number of halogens is 1. The fraction of sp³-hybridized carbons (Fsp3) is 0.312. The first kappa shape index (κ1) is 14.2. The van der Waals surface area contributed by atoms with Gasteiger partial charge in [-0.1, -0.05) is 23.7 Å². The third-order valence-corrected chi connectivity index (χ3v) is 4.18. The molecule has 0 radical (unpaired) electrons. The smallest absolute Gasteiger partial charge is 0.0772 e. The van der Waals surface area contributed by atoms with Gasteiger partial charge >= 0.3 is 0 Å². The fourth-order valence-electron chi connectivity index (χ4n) is 2.65. The van der Waals surface area contributed by atoms with Crippen LogP contribution in [0.1, 0.15) is 5.69 Å². The Bertz CT molecular complexity index is 609. The van der Waals surface area contributed by atoms with Crippen LogP contribution >= 0.6 is 11.6 Å². The predicted octanol–water partition coefficient (Wildman–Crippen LogP) is 2.64. The van der Waals surface area contributed by atoms with Crippen molar-refractivity contribution in [3.05, 3.63) is 53.3 Å². The van der Waals surface area contributed by atoms with Crippen molar-refractivity contribution in [3.8, 4) is 0 Å². The molecule has 0 bridgehead atoms. The zero-order valence-electron chi connectivity index (χ0n) is 11.9. The van der Waals surface area contributed by atoms with Gasteiger partial charge in [0.2, 0.25) is 0 Å². The molecule has 3 rings (SSSR count). The Labute approximate surface area is 130 Å². The molecule has 1 saturated heterocycles. The van der Waals surface area contributed by atoms with Crippen LogP contribution in [0, 0.1) is 0 Å². The molecule has 2 heterocycles. The van der Waals surface area contributed by atoms with Crippen LogP contribution in [0.2, 0.25) is 5.02 Å². The minimum absolute atomic E-state index is 0.769. The minimum atomic E-state index is 0.769. The SMILES string of the molecule is Nc1cccnc1CN1CCN(c2ccccc2Cl)CC1. The second kappa shape index (κ2) is 6.33. The molecule has 2 N–H and O–H groups in total. The van der Waals surface area contributed by atoms with Crippen LogP contribution in [0.4, 0.5) is 11.4 Å². The number of piperazine rings is 1. The Kier molecular flexibility index (Phi) is 4.27. The number of hydrogen-bond donors (Lipinski definition) is 1. The molecular weight excluding hydrogens is 284 g/mol. The average Bonchev–Trinajstić information content (AvgIpc) is 2.51. The lowest BCUT2D eigenvalue weighted by atomic mass is 10.2. The van der Waals surface area contributed by atoms with Gasteiger partial charge in [-0.05, 0) is 24.3 Å². The van der Waals surface area contributed by atoms with Gasteiger partial charge in [-0.2, -0.15) is 0 Å². The minimum Gasteiger partial charge on any atom is -0.397 e. The Balaban J connectivity index is 1.61. The number of nitrogens with zero attached hydrogens (tertiary/aromatic N) is 3. The molecule has 1 aromatic carbocycles. The second-order valence-electron chi connectivity index (χ2n) is 5.25. The van der Waals surface area contributed by atoms with Gasteiger partial charge in [-0.3, -0.25) is 9.88 Å². The molecule has 5 heteroatoms. The van der Waals surface area contributed by atoms with Crippen molar-refractivity contribution in [1.29, 1.82) is 0 Å². The van der Waals surface area contributed by atoms with Crippen molar-refractivity contribution in [2.24, 2.45) is 0 Å². The largest absolute Gasteiger partial charge is 0.397 e. The van der Waals surface area contributed by atoms with E-state index in [0.29, 0.717) is 0 Å². The van der Waals surface area contributed by atoms with Gasteiger partial charge in [0.1, 0.15) is 0 Å². The highest BCUT2D eigenvalue weighted by Crippen LogP contribution is 2.26. The topological polar surface area (TPSA) is 45.4 Å². The first-order valence-corrected chi connectivity index (χ1v) is 7.53. The second-order valence-corrected chi connectivity index (χ2v) is 5.66. The summed E-state index contributed by atoms with van der Waals surface area (Å²) in [4.78, 5) is 9.08. The fourth-order valence-corrected chi connectivity index (χ4v) is 2.90. The zero-order chi connectivity index (χ0) is 14.7. The molecule has 1 aliphatic rings. The Morgan fingerprint density at radius 2 is 1.81 bits per heavy atom. The molecule has 0 atom stereocenters. The van der Waals surface area contributed by atoms with Crippen molar-refractivity contribution in [3.63, 3.8) is 0 Å². The number of nitrogen functional groups attached to an aromatic ring is 1. The summed E-state index contributed by atoms with van der Waals surface area (Å²) in [7, 11) is 0. The molecule has 0 spiro atoms. The van der Waals surface area contributed by atoms with Crippen molar-refractivity contribution in [1.82, 2.24) is 9.88 Å². The number of anilines is 2. The normalized spacial score (nSPS) is 16.1. The highest BCUT2D eigenvalue weighted by atomic mass is 35.5. The first-order valence-electron chi connectivity index (χ1n) is 7.15. The van der Waals surface area contributed by atoms with Crippen LogP contribution < -0.4 is 10.6 Å². The molecule has 1 aliphatic heterocycles. The molecule has 0 aliphatic carbocycles. The molecule has 1 fully saturated rings. The molecule has 0 unspecified atom stereocenters. The molecule has 4 nitrogen and oxygen atoms in total. The summed E-state index contributed by atoms with van der Waals surface area (Å²) < 4.78 is 0. The van der Waals surface area contributed by atoms with Gasteiger partial charge < -0.3 is 10.6 Å². The van der Waals surface area contributed by atoms with Gasteiger partial charge in [0.25, 0.3) is 0 Å². The molecule has 21 heavy (non-hydrogen) atoms. The van der Waals surface area contributed by atoms with Crippen molar-refractivity contribution < 1.29 is 0 Å². The number of aromatic nitrogens is 1. The third kappa shape index (κ3) is 3.28. The van der Waals surface area contributed by atoms with E-state index in [0.717, 1.165) is 54.8 Å². The number of rotatable bonds is 3. The van der Waals surface area contributed by atoms with Crippen LogP contribution in [-0.2, 0) is 6.54 Å². The number of pyridine rings is 1. The van der Waals surface area contributed by atoms with Crippen LogP contribution in [0.15, 0.2) is 42.6 Å². The maximum absolute atomic E-state index is 6.26. The maximum Gasteiger partial charge on any atom is 0.0772 e. The van der Waals surface area contributed by atoms with Gasteiger partial charge in [-0.15, -0.1) is 0 Å². The summed E-state index contributed by atoms with van der Waals surface area (Å²) in [6, 6.07) is 11.8. The van der Waals surface area contributed by atoms with E-state index < -0.39 is 0 Å². The standard InChI is InChI=1S/C16H19ClN4/c17-13-4-1-2-6-16(13)21-10-8-20(9-11-21)12-15-14(18)5-3-7-19-15/h1-7H,8-12,18H2. The number of nitrogens with two attached hydrogens (primary N) is 1. The lowest BCUT2D eigenvalue weighted by Gasteiger charge is -2.36. The summed E-state index contributed by atoms with van der Waals surface area (Å²) in [6.07, 6.45) is 1.80. The van der Waals surface area contributed by atoms with Gasteiger partial charge in [0.15, 0.2) is 0 Å². The van der Waals surface area contributed by atoms with Crippen LogP contribution in [0.25, 0.3) is 0 Å². The molecule has 0 amide bonds. The zero-order valence-corrected chi connectivity index (χ0v) is 12.6. The molecule has 1 aromatic heterocycles. The van der Waals surface area contributed by atoms with E-state index in [1.807, 2.05) is 30.3 Å². The summed E-state index contributed by atoms with van der Waals surface area (Å²) in [6.45, 7) is 4.72. The predicted molar refractivity (Wildman–Crippen MR) is 87.6 cm³/mol. The van der Waals surface area contributed by atoms with Gasteiger partial charge in [0.05, 0.1) is 22.1 Å². The Morgan fingerprint density at radius 1 is 1.05 bits per heavy atom. The number of para-hydroxylation sites is 1. The summed E-state index contributed by atoms with van der Waals surface area (Å²) in [5.74, 6) is 0. The van der Waals surface area contributed by atoms with E-state index in [2.05, 4.69) is 20.9 Å². The highest BCUT2D eigenvalue weighted by Gasteiger charge is 2.19. The lowest BCUT2D eigenvalue weighted by molar-refractivity contribution is 0.247. The van der Waals surface area contributed by atoms with Crippen LogP contribution in [0.5, 0.6) is 0 Å². The van der Waals surface area contributed by atoms with Gasteiger partial charge in [-0.25, -0.2) is 0 Å². The Morgan fingerprint density at radius 3 is 2.52 bits per heavy atom. The summed E-state index contributed by atoms with van der Waals surface area (Å²) in [5, 5.41) is 0.819. The quantitative estimate of drug-likeness (QED) is 0.947. The van der Waals surface area contributed by atoms with E-state index >= 15 is 0 Å². The lowest BCUT2D eigenvalue weighted by Crippen LogP contribution is -2.46. The van der Waals surface area contributed by atoms with E-state index in [4.69, 9.17) is 17.3 Å². The van der Waals surface area contributed by atoms with Crippen molar-refractivity contribution >= 4 is 23.0 Å². The summed E-state index contributed by atoms with van der Waals surface area (Å²) in [5.41, 5.74) is 8.81. The first-order chi connectivity index (χ1) is 10.2. The van der Waals surface area contributed by atoms with E-state index in [-0.39, 0.29) is 0 Å². The van der Waals surface area contributed by atoms with Crippen molar-refractivity contribution in [2.75, 3.05) is 36.8 Å². The third-order valence-electron chi connectivity index (χ3n) is 3.86. The monoisotopic (exact) mass is 302 g/mol. The van der Waals surface area contributed by atoms with E-state index in [9.17, 15) is 0 Å². The van der Waals surface area contributed by atoms with Crippen LogP contribution in [0.3, 0.4) is 0 Å². The maximum atomic E-state index is 6.26. The van der Waals surface area contributed by atoms with E-state index in [1.165, 1.54) is 0 Å². The molecule has 0 saturated carbocycles. The van der Waals surface area contributed by atoms with E-state index in [1.54, 1.807) is 6.20 Å². The average molecular weight is 303 g/mol.